The van der Waals surface area contributed by atoms with E-state index >= 15 is 0 Å². The third-order valence-corrected chi connectivity index (χ3v) is 4.16. The SMILES string of the molecule is CCCN1CC2=C(C1=O)[C@@H](c1ccc(O)cc1)NC(=O)N2C. The lowest BCUT2D eigenvalue weighted by Crippen LogP contribution is -2.45. The maximum absolute atomic E-state index is 12.7. The molecule has 2 N–H and O–H groups in total. The van der Waals surface area contributed by atoms with Gasteiger partial charge in [-0.15, -0.1) is 0 Å². The third kappa shape index (κ3) is 2.20. The van der Waals surface area contributed by atoms with E-state index in [-0.39, 0.29) is 17.7 Å². The van der Waals surface area contributed by atoms with Crippen molar-refractivity contribution in [3.63, 3.8) is 0 Å². The number of carbonyl (C=O) groups is 2. The number of rotatable bonds is 3. The number of carbonyl (C=O) groups excluding carboxylic acids is 2. The van der Waals surface area contributed by atoms with Crippen LogP contribution in [0, 0.1) is 0 Å². The van der Waals surface area contributed by atoms with E-state index in [4.69, 9.17) is 0 Å². The molecule has 0 saturated heterocycles. The average Bonchev–Trinajstić information content (AvgIpc) is 2.82. The lowest BCUT2D eigenvalue weighted by atomic mass is 9.96. The second-order valence-electron chi connectivity index (χ2n) is 5.62. The molecule has 1 atom stereocenters. The van der Waals surface area contributed by atoms with Crippen molar-refractivity contribution in [2.24, 2.45) is 0 Å². The molecule has 0 saturated carbocycles. The Labute approximate surface area is 129 Å². The predicted octanol–water partition coefficient (Wildman–Crippen LogP) is 1.59. The van der Waals surface area contributed by atoms with Gasteiger partial charge in [-0.1, -0.05) is 19.1 Å². The van der Waals surface area contributed by atoms with Crippen LogP contribution >= 0.6 is 0 Å². The lowest BCUT2D eigenvalue weighted by Gasteiger charge is -2.31. The summed E-state index contributed by atoms with van der Waals surface area (Å²) in [5.41, 5.74) is 2.18. The van der Waals surface area contributed by atoms with Crippen molar-refractivity contribution >= 4 is 11.9 Å². The highest BCUT2D eigenvalue weighted by molar-refractivity contribution is 6.01. The number of phenolic OH excluding ortho intramolecular Hbond substituents is 1. The molecule has 0 aromatic heterocycles. The molecule has 6 heteroatoms. The van der Waals surface area contributed by atoms with E-state index in [9.17, 15) is 14.7 Å². The summed E-state index contributed by atoms with van der Waals surface area (Å²) in [6, 6.07) is 5.89. The number of benzene rings is 1. The van der Waals surface area contributed by atoms with Crippen LogP contribution in [-0.4, -0.2) is 47.0 Å². The number of nitrogens with zero attached hydrogens (tertiary/aromatic N) is 2. The van der Waals surface area contributed by atoms with Gasteiger partial charge in [0.15, 0.2) is 0 Å². The molecule has 22 heavy (non-hydrogen) atoms. The molecule has 2 aliphatic heterocycles. The minimum absolute atomic E-state index is 0.0261. The van der Waals surface area contributed by atoms with Crippen LogP contribution in [0.25, 0.3) is 0 Å². The van der Waals surface area contributed by atoms with Gasteiger partial charge >= 0.3 is 6.03 Å². The van der Waals surface area contributed by atoms with Gasteiger partial charge < -0.3 is 15.3 Å². The zero-order chi connectivity index (χ0) is 15.9. The maximum Gasteiger partial charge on any atom is 0.322 e. The largest absolute Gasteiger partial charge is 0.508 e. The molecule has 3 rings (SSSR count). The fourth-order valence-corrected chi connectivity index (χ4v) is 2.99. The first-order valence-electron chi connectivity index (χ1n) is 7.38. The summed E-state index contributed by atoms with van der Waals surface area (Å²) >= 11 is 0. The first-order chi connectivity index (χ1) is 10.5. The van der Waals surface area contributed by atoms with Crippen LogP contribution in [0.2, 0.25) is 0 Å². The average molecular weight is 301 g/mol. The van der Waals surface area contributed by atoms with E-state index in [1.165, 1.54) is 4.90 Å². The van der Waals surface area contributed by atoms with Crippen molar-refractivity contribution in [3.8, 4) is 5.75 Å². The van der Waals surface area contributed by atoms with E-state index < -0.39 is 6.04 Å². The second-order valence-corrected chi connectivity index (χ2v) is 5.62. The highest BCUT2D eigenvalue weighted by atomic mass is 16.3. The first-order valence-corrected chi connectivity index (χ1v) is 7.38. The molecule has 1 aromatic carbocycles. The van der Waals surface area contributed by atoms with Gasteiger partial charge in [-0.25, -0.2) is 4.79 Å². The molecule has 2 aliphatic rings. The summed E-state index contributed by atoms with van der Waals surface area (Å²) in [5.74, 6) is 0.129. The molecular weight excluding hydrogens is 282 g/mol. The first kappa shape index (κ1) is 14.4. The molecule has 1 aromatic rings. The van der Waals surface area contributed by atoms with E-state index in [2.05, 4.69) is 5.32 Å². The number of aromatic hydroxyl groups is 1. The summed E-state index contributed by atoms with van der Waals surface area (Å²) < 4.78 is 0. The van der Waals surface area contributed by atoms with E-state index in [1.54, 1.807) is 36.2 Å². The Balaban J connectivity index is 2.02. The molecule has 0 fully saturated rings. The van der Waals surface area contributed by atoms with Gasteiger partial charge in [0.1, 0.15) is 5.75 Å². The highest BCUT2D eigenvalue weighted by Crippen LogP contribution is 2.35. The predicted molar refractivity (Wildman–Crippen MR) is 81.0 cm³/mol. The van der Waals surface area contributed by atoms with Crippen LogP contribution in [-0.2, 0) is 4.79 Å². The number of likely N-dealkylation sites (N-methyl/N-ethyl adjacent to an activating group) is 1. The summed E-state index contributed by atoms with van der Waals surface area (Å²) in [5, 5.41) is 12.3. The molecule has 116 valence electrons. The number of hydrogen-bond acceptors (Lipinski definition) is 3. The number of urea groups is 1. The van der Waals surface area contributed by atoms with Crippen molar-refractivity contribution in [1.29, 1.82) is 0 Å². The van der Waals surface area contributed by atoms with Crippen LogP contribution < -0.4 is 5.32 Å². The number of nitrogens with one attached hydrogen (secondary N) is 1. The van der Waals surface area contributed by atoms with Crippen LogP contribution in [0.15, 0.2) is 35.5 Å². The highest BCUT2D eigenvalue weighted by Gasteiger charge is 2.42. The molecule has 0 bridgehead atoms. The Morgan fingerprint density at radius 3 is 2.59 bits per heavy atom. The summed E-state index contributed by atoms with van der Waals surface area (Å²) in [6.45, 7) is 3.17. The van der Waals surface area contributed by atoms with Gasteiger partial charge in [-0.05, 0) is 24.1 Å². The second kappa shape index (κ2) is 5.36. The minimum Gasteiger partial charge on any atom is -0.508 e. The third-order valence-electron chi connectivity index (χ3n) is 4.16. The topological polar surface area (TPSA) is 72.9 Å². The molecule has 0 spiro atoms. The van der Waals surface area contributed by atoms with Gasteiger partial charge in [-0.3, -0.25) is 9.69 Å². The van der Waals surface area contributed by atoms with Gasteiger partial charge in [0.25, 0.3) is 5.91 Å². The van der Waals surface area contributed by atoms with Crippen LogP contribution in [0.1, 0.15) is 24.9 Å². The Morgan fingerprint density at radius 1 is 1.27 bits per heavy atom. The van der Waals surface area contributed by atoms with Crippen molar-refractivity contribution in [1.82, 2.24) is 15.1 Å². The molecule has 0 unspecified atom stereocenters. The minimum atomic E-state index is -0.464. The van der Waals surface area contributed by atoms with Gasteiger partial charge in [0, 0.05) is 13.6 Å². The van der Waals surface area contributed by atoms with Gasteiger partial charge in [0.2, 0.25) is 0 Å². The number of phenols is 1. The molecule has 6 nitrogen and oxygen atoms in total. The molecule has 0 aliphatic carbocycles. The summed E-state index contributed by atoms with van der Waals surface area (Å²) in [7, 11) is 1.68. The molecule has 3 amide bonds. The Bertz CT molecular complexity index is 651. The van der Waals surface area contributed by atoms with E-state index in [1.807, 2.05) is 6.92 Å². The summed E-state index contributed by atoms with van der Waals surface area (Å²) in [6.07, 6.45) is 0.876. The Kier molecular flexibility index (Phi) is 3.52. The van der Waals surface area contributed by atoms with Crippen molar-refractivity contribution < 1.29 is 14.7 Å². The maximum atomic E-state index is 12.7. The van der Waals surface area contributed by atoms with Crippen molar-refractivity contribution in [2.75, 3.05) is 20.1 Å². The number of amides is 3. The Morgan fingerprint density at radius 2 is 1.95 bits per heavy atom. The van der Waals surface area contributed by atoms with Gasteiger partial charge in [0.05, 0.1) is 23.9 Å². The van der Waals surface area contributed by atoms with E-state index in [0.29, 0.717) is 18.7 Å². The Hall–Kier alpha value is -2.50. The summed E-state index contributed by atoms with van der Waals surface area (Å²) in [4.78, 5) is 28.1. The zero-order valence-corrected chi connectivity index (χ0v) is 12.7. The van der Waals surface area contributed by atoms with Crippen LogP contribution in [0.4, 0.5) is 4.79 Å². The molecule has 0 radical (unpaired) electrons. The molecular formula is C16H19N3O3. The van der Waals surface area contributed by atoms with Crippen LogP contribution in [0.5, 0.6) is 5.75 Å². The fourth-order valence-electron chi connectivity index (χ4n) is 2.99. The van der Waals surface area contributed by atoms with Gasteiger partial charge in [-0.2, -0.15) is 0 Å². The van der Waals surface area contributed by atoms with Crippen molar-refractivity contribution in [2.45, 2.75) is 19.4 Å². The number of hydrogen-bond donors (Lipinski definition) is 2. The van der Waals surface area contributed by atoms with Crippen molar-refractivity contribution in [3.05, 3.63) is 41.1 Å². The standard InChI is InChI=1S/C16H19N3O3/c1-3-8-19-9-12-13(15(19)21)14(17-16(22)18(12)2)10-4-6-11(20)7-5-10/h4-7,14,20H,3,8-9H2,1-2H3,(H,17,22)/t14-/m1/s1. The smallest absolute Gasteiger partial charge is 0.322 e. The van der Waals surface area contributed by atoms with Crippen LogP contribution in [0.3, 0.4) is 0 Å². The fraction of sp³-hybridized carbons (Fsp3) is 0.375. The quantitative estimate of drug-likeness (QED) is 0.890. The zero-order valence-electron chi connectivity index (χ0n) is 12.7. The normalized spacial score (nSPS) is 21.3. The molecule has 2 heterocycles. The van der Waals surface area contributed by atoms with E-state index in [0.717, 1.165) is 17.7 Å². The monoisotopic (exact) mass is 301 g/mol. The lowest BCUT2D eigenvalue weighted by molar-refractivity contribution is -0.125.